The molecule has 1 aromatic heterocycles. The van der Waals surface area contributed by atoms with Crippen molar-refractivity contribution in [3.05, 3.63) is 72.1 Å². The van der Waals surface area contributed by atoms with Crippen LogP contribution in [0.25, 0.3) is 17.1 Å². The summed E-state index contributed by atoms with van der Waals surface area (Å²) in [5.74, 6) is 0.515. The lowest BCUT2D eigenvalue weighted by molar-refractivity contribution is -0.141. The van der Waals surface area contributed by atoms with Gasteiger partial charge in [-0.05, 0) is 36.6 Å². The number of nitrogens with zero attached hydrogens (tertiary/aromatic N) is 2. The topological polar surface area (TPSA) is 73.2 Å². The normalized spacial score (nSPS) is 11.1. The first kappa shape index (κ1) is 21.3. The van der Waals surface area contributed by atoms with E-state index in [1.165, 1.54) is 7.11 Å². The van der Waals surface area contributed by atoms with Crippen molar-refractivity contribution in [2.75, 3.05) is 13.7 Å². The first-order valence-electron chi connectivity index (χ1n) is 10.2. The Labute approximate surface area is 176 Å². The Balaban J connectivity index is 1.43. The molecular weight excluding hydrogens is 378 g/mol. The number of nitrogens with one attached hydrogen (secondary N) is 1. The lowest BCUT2D eigenvalue weighted by Crippen LogP contribution is -2.22. The van der Waals surface area contributed by atoms with Gasteiger partial charge in [0.2, 0.25) is 5.91 Å². The number of aryl methyl sites for hydroxylation is 1. The molecule has 3 aromatic rings. The summed E-state index contributed by atoms with van der Waals surface area (Å²) in [5, 5.41) is 2.91. The monoisotopic (exact) mass is 405 g/mol. The fourth-order valence-corrected chi connectivity index (χ4v) is 3.28. The maximum atomic E-state index is 11.9. The molecule has 0 radical (unpaired) electrons. The number of rotatable bonds is 10. The van der Waals surface area contributed by atoms with Crippen molar-refractivity contribution < 1.29 is 14.3 Å². The molecule has 0 bridgehead atoms. The van der Waals surface area contributed by atoms with E-state index in [0.29, 0.717) is 6.54 Å². The highest BCUT2D eigenvalue weighted by molar-refractivity contribution is 5.91. The average Bonchev–Trinajstić information content (AvgIpc) is 3.12. The van der Waals surface area contributed by atoms with E-state index in [2.05, 4.69) is 10.3 Å². The fourth-order valence-electron chi connectivity index (χ4n) is 3.28. The van der Waals surface area contributed by atoms with Crippen LogP contribution in [0, 0.1) is 0 Å². The third-order valence-electron chi connectivity index (χ3n) is 4.85. The third-order valence-corrected chi connectivity index (χ3v) is 4.85. The Hall–Kier alpha value is -3.41. The summed E-state index contributed by atoms with van der Waals surface area (Å²) in [7, 11) is 1.39. The zero-order chi connectivity index (χ0) is 21.2. The summed E-state index contributed by atoms with van der Waals surface area (Å²) < 4.78 is 6.75. The Kier molecular flexibility index (Phi) is 7.78. The molecule has 1 heterocycles. The van der Waals surface area contributed by atoms with E-state index in [1.807, 2.05) is 59.2 Å². The molecule has 6 heteroatoms. The number of carbonyl (C=O) groups is 2. The van der Waals surface area contributed by atoms with Crippen LogP contribution in [0.3, 0.4) is 0 Å². The second kappa shape index (κ2) is 11.0. The summed E-state index contributed by atoms with van der Waals surface area (Å²) in [6.45, 7) is 0.798. The van der Waals surface area contributed by atoms with Gasteiger partial charge in [0.15, 0.2) is 0 Å². The van der Waals surface area contributed by atoms with E-state index in [1.54, 1.807) is 12.2 Å². The molecule has 0 fully saturated rings. The van der Waals surface area contributed by atoms with Gasteiger partial charge in [-0.3, -0.25) is 9.59 Å². The highest BCUT2D eigenvalue weighted by atomic mass is 16.5. The number of benzene rings is 2. The van der Waals surface area contributed by atoms with Gasteiger partial charge in [-0.2, -0.15) is 0 Å². The molecular formula is C24H27N3O3. The number of unbranched alkanes of at least 4 members (excludes halogenated alkanes) is 2. The van der Waals surface area contributed by atoms with Crippen LogP contribution < -0.4 is 5.32 Å². The van der Waals surface area contributed by atoms with Gasteiger partial charge in [-0.25, -0.2) is 4.98 Å². The molecule has 0 spiro atoms. The molecule has 3 rings (SSSR count). The van der Waals surface area contributed by atoms with Crippen LogP contribution in [0.1, 0.15) is 30.7 Å². The van der Waals surface area contributed by atoms with Crippen LogP contribution in [0.5, 0.6) is 0 Å². The first-order valence-corrected chi connectivity index (χ1v) is 10.2. The maximum Gasteiger partial charge on any atom is 0.325 e. The number of para-hydroxylation sites is 2. The van der Waals surface area contributed by atoms with Gasteiger partial charge < -0.3 is 14.6 Å². The number of esters is 1. The highest BCUT2D eigenvalue weighted by Gasteiger charge is 2.13. The minimum absolute atomic E-state index is 0.0845. The van der Waals surface area contributed by atoms with Crippen molar-refractivity contribution in [1.29, 1.82) is 0 Å². The van der Waals surface area contributed by atoms with Gasteiger partial charge in [0.25, 0.3) is 0 Å². The summed E-state index contributed by atoms with van der Waals surface area (Å²) in [4.78, 5) is 28.3. The number of fused-ring (bicyclic) bond motifs is 1. The number of ether oxygens (including phenoxy) is 1. The van der Waals surface area contributed by atoms with Gasteiger partial charge in [0, 0.05) is 19.0 Å². The molecule has 30 heavy (non-hydrogen) atoms. The summed E-state index contributed by atoms with van der Waals surface area (Å²) >= 11 is 0. The standard InChI is InChI=1S/C24H27N3O3/c1-30-24(29)18-27-21-13-8-7-12-20(21)26-22(27)14-6-3-9-17-25-23(28)16-15-19-10-4-2-5-11-19/h2,4-5,7-8,10-13,15-16H,3,6,9,14,17-18H2,1H3,(H,25,28)/b16-15+. The van der Waals surface area contributed by atoms with E-state index >= 15 is 0 Å². The Morgan fingerprint density at radius 3 is 2.60 bits per heavy atom. The second-order valence-electron chi connectivity index (χ2n) is 7.02. The summed E-state index contributed by atoms with van der Waals surface area (Å²) in [5.41, 5.74) is 2.83. The average molecular weight is 405 g/mol. The predicted octanol–water partition coefficient (Wildman–Crippen LogP) is 3.75. The van der Waals surface area contributed by atoms with Crippen molar-refractivity contribution in [1.82, 2.24) is 14.9 Å². The minimum Gasteiger partial charge on any atom is -0.468 e. The van der Waals surface area contributed by atoms with Crippen molar-refractivity contribution in [3.63, 3.8) is 0 Å². The summed E-state index contributed by atoms with van der Waals surface area (Å²) in [6.07, 6.45) is 6.92. The molecule has 1 amide bonds. The highest BCUT2D eigenvalue weighted by Crippen LogP contribution is 2.18. The van der Waals surface area contributed by atoms with Crippen molar-refractivity contribution in [3.8, 4) is 0 Å². The summed E-state index contributed by atoms with van der Waals surface area (Å²) in [6, 6.07) is 17.5. The lowest BCUT2D eigenvalue weighted by Gasteiger charge is -2.08. The maximum absolute atomic E-state index is 11.9. The Morgan fingerprint density at radius 1 is 1.03 bits per heavy atom. The van der Waals surface area contributed by atoms with Gasteiger partial charge >= 0.3 is 5.97 Å². The molecule has 0 aliphatic heterocycles. The molecule has 0 unspecified atom stereocenters. The fraction of sp³-hybridized carbons (Fsp3) is 0.292. The number of imidazole rings is 1. The van der Waals surface area contributed by atoms with Gasteiger partial charge in [-0.15, -0.1) is 0 Å². The van der Waals surface area contributed by atoms with Crippen LogP contribution in [-0.2, 0) is 27.3 Å². The molecule has 2 aromatic carbocycles. The van der Waals surface area contributed by atoms with Crippen LogP contribution in [0.4, 0.5) is 0 Å². The minimum atomic E-state index is -0.286. The molecule has 6 nitrogen and oxygen atoms in total. The number of methoxy groups -OCH3 is 1. The second-order valence-corrected chi connectivity index (χ2v) is 7.02. The smallest absolute Gasteiger partial charge is 0.325 e. The van der Waals surface area contributed by atoms with E-state index in [-0.39, 0.29) is 18.4 Å². The van der Waals surface area contributed by atoms with E-state index in [9.17, 15) is 9.59 Å². The SMILES string of the molecule is COC(=O)Cn1c(CCCCCNC(=O)/C=C/c2ccccc2)nc2ccccc21. The van der Waals surface area contributed by atoms with Gasteiger partial charge in [0.05, 0.1) is 18.1 Å². The number of amides is 1. The number of aromatic nitrogens is 2. The van der Waals surface area contributed by atoms with E-state index in [4.69, 9.17) is 4.74 Å². The lowest BCUT2D eigenvalue weighted by atomic mass is 10.2. The van der Waals surface area contributed by atoms with Gasteiger partial charge in [0.1, 0.15) is 12.4 Å². The number of carbonyl (C=O) groups excluding carboxylic acids is 2. The van der Waals surface area contributed by atoms with Crippen molar-refractivity contribution in [2.45, 2.75) is 32.2 Å². The Morgan fingerprint density at radius 2 is 1.80 bits per heavy atom. The largest absolute Gasteiger partial charge is 0.468 e. The van der Waals surface area contributed by atoms with Crippen molar-refractivity contribution >= 4 is 29.0 Å². The molecule has 0 aliphatic rings. The zero-order valence-corrected chi connectivity index (χ0v) is 17.2. The number of hydrogen-bond donors (Lipinski definition) is 1. The van der Waals surface area contributed by atoms with E-state index in [0.717, 1.165) is 48.1 Å². The molecule has 0 saturated heterocycles. The first-order chi connectivity index (χ1) is 14.7. The predicted molar refractivity (Wildman–Crippen MR) is 118 cm³/mol. The van der Waals surface area contributed by atoms with Crippen LogP contribution in [0.15, 0.2) is 60.7 Å². The molecule has 0 saturated carbocycles. The van der Waals surface area contributed by atoms with Crippen molar-refractivity contribution in [2.24, 2.45) is 0 Å². The Bertz CT molecular complexity index is 1010. The molecule has 1 N–H and O–H groups in total. The molecule has 0 atom stereocenters. The van der Waals surface area contributed by atoms with Crippen LogP contribution >= 0.6 is 0 Å². The van der Waals surface area contributed by atoms with Crippen LogP contribution in [0.2, 0.25) is 0 Å². The van der Waals surface area contributed by atoms with Crippen LogP contribution in [-0.4, -0.2) is 35.1 Å². The number of hydrogen-bond acceptors (Lipinski definition) is 4. The molecule has 156 valence electrons. The quantitative estimate of drug-likeness (QED) is 0.317. The molecule has 0 aliphatic carbocycles. The van der Waals surface area contributed by atoms with E-state index < -0.39 is 0 Å². The van der Waals surface area contributed by atoms with Gasteiger partial charge in [-0.1, -0.05) is 48.9 Å². The zero-order valence-electron chi connectivity index (χ0n) is 17.2. The third kappa shape index (κ3) is 6.04.